The Morgan fingerprint density at radius 3 is 2.53 bits per heavy atom. The van der Waals surface area contributed by atoms with Gasteiger partial charge in [-0.2, -0.15) is 0 Å². The maximum absolute atomic E-state index is 11.7. The first-order valence-electron chi connectivity index (χ1n) is 5.54. The molecular weight excluding hydrogens is 196 g/mol. The van der Waals surface area contributed by atoms with E-state index in [1.165, 1.54) is 6.42 Å². The molecule has 1 atom stereocenters. The number of carbonyl (C=O) groups excluding carboxylic acids is 1. The Labute approximate surface area is 90.2 Å². The first-order chi connectivity index (χ1) is 7.08. The van der Waals surface area contributed by atoms with Crippen LogP contribution in [0, 0.1) is 5.41 Å². The van der Waals surface area contributed by atoms with Crippen molar-refractivity contribution in [1.82, 2.24) is 0 Å². The standard InChI is InChI=1S/C11H20O4/c1-11(5-3-2-4-6-11)10(14)15-8-9(13)7-12/h9,12-13H,2-8H2,1H3. The van der Waals surface area contributed by atoms with E-state index in [2.05, 4.69) is 0 Å². The highest BCUT2D eigenvalue weighted by molar-refractivity contribution is 5.76. The predicted molar refractivity (Wildman–Crippen MR) is 55.2 cm³/mol. The molecule has 0 aromatic carbocycles. The summed E-state index contributed by atoms with van der Waals surface area (Å²) in [4.78, 5) is 11.7. The topological polar surface area (TPSA) is 66.8 Å². The van der Waals surface area contributed by atoms with Crippen molar-refractivity contribution in [1.29, 1.82) is 0 Å². The maximum atomic E-state index is 11.7. The Hall–Kier alpha value is -0.610. The van der Waals surface area contributed by atoms with E-state index < -0.39 is 6.10 Å². The number of hydrogen-bond acceptors (Lipinski definition) is 4. The zero-order valence-electron chi connectivity index (χ0n) is 9.24. The molecule has 0 aromatic heterocycles. The summed E-state index contributed by atoms with van der Waals surface area (Å²) in [6.07, 6.45) is 4.08. The normalized spacial score (nSPS) is 22.1. The molecule has 0 saturated heterocycles. The predicted octanol–water partition coefficient (Wildman–Crippen LogP) is 0.853. The van der Waals surface area contributed by atoms with Crippen molar-refractivity contribution in [2.45, 2.75) is 45.1 Å². The van der Waals surface area contributed by atoms with Crippen LogP contribution in [0.15, 0.2) is 0 Å². The van der Waals surface area contributed by atoms with Crippen molar-refractivity contribution >= 4 is 5.97 Å². The minimum absolute atomic E-state index is 0.106. The Morgan fingerprint density at radius 2 is 2.00 bits per heavy atom. The molecule has 0 spiro atoms. The van der Waals surface area contributed by atoms with Gasteiger partial charge in [-0.1, -0.05) is 19.3 Å². The summed E-state index contributed by atoms with van der Waals surface area (Å²) in [7, 11) is 0. The summed E-state index contributed by atoms with van der Waals surface area (Å²) in [6, 6.07) is 0. The lowest BCUT2D eigenvalue weighted by atomic mass is 9.76. The second kappa shape index (κ2) is 5.47. The van der Waals surface area contributed by atoms with Crippen molar-refractivity contribution in [3.8, 4) is 0 Å². The Balaban J connectivity index is 2.37. The lowest BCUT2D eigenvalue weighted by Crippen LogP contribution is -2.34. The molecule has 0 bridgehead atoms. The quantitative estimate of drug-likeness (QED) is 0.684. The highest BCUT2D eigenvalue weighted by Gasteiger charge is 2.36. The van der Waals surface area contributed by atoms with Gasteiger partial charge in [0, 0.05) is 0 Å². The van der Waals surface area contributed by atoms with Crippen molar-refractivity contribution < 1.29 is 19.7 Å². The van der Waals surface area contributed by atoms with Gasteiger partial charge in [0.1, 0.15) is 12.7 Å². The molecule has 1 saturated carbocycles. The van der Waals surface area contributed by atoms with E-state index in [0.717, 1.165) is 25.7 Å². The van der Waals surface area contributed by atoms with Gasteiger partial charge < -0.3 is 14.9 Å². The van der Waals surface area contributed by atoms with E-state index in [0.29, 0.717) is 0 Å². The molecule has 0 amide bonds. The molecule has 1 rings (SSSR count). The van der Waals surface area contributed by atoms with E-state index >= 15 is 0 Å². The first-order valence-corrected chi connectivity index (χ1v) is 5.54. The Kier molecular flexibility index (Phi) is 4.54. The number of rotatable bonds is 4. The molecule has 1 unspecified atom stereocenters. The fourth-order valence-corrected chi connectivity index (χ4v) is 1.94. The van der Waals surface area contributed by atoms with Gasteiger partial charge in [0.2, 0.25) is 0 Å². The zero-order valence-corrected chi connectivity index (χ0v) is 9.24. The SMILES string of the molecule is CC1(C(=O)OCC(O)CO)CCCCC1. The number of hydrogen-bond donors (Lipinski definition) is 2. The maximum Gasteiger partial charge on any atom is 0.311 e. The Morgan fingerprint density at radius 1 is 1.40 bits per heavy atom. The monoisotopic (exact) mass is 216 g/mol. The third-order valence-corrected chi connectivity index (χ3v) is 3.07. The summed E-state index contributed by atoms with van der Waals surface area (Å²) in [6.45, 7) is 1.44. The van der Waals surface area contributed by atoms with Crippen LogP contribution >= 0.6 is 0 Å². The number of carbonyl (C=O) groups is 1. The van der Waals surface area contributed by atoms with Gasteiger partial charge in [-0.25, -0.2) is 0 Å². The molecule has 0 heterocycles. The van der Waals surface area contributed by atoms with Crippen LogP contribution in [0.2, 0.25) is 0 Å². The fourth-order valence-electron chi connectivity index (χ4n) is 1.94. The van der Waals surface area contributed by atoms with Crippen LogP contribution in [0.25, 0.3) is 0 Å². The summed E-state index contributed by atoms with van der Waals surface area (Å²) >= 11 is 0. The van der Waals surface area contributed by atoms with E-state index in [4.69, 9.17) is 14.9 Å². The second-order valence-electron chi connectivity index (χ2n) is 4.56. The molecule has 4 heteroatoms. The van der Waals surface area contributed by atoms with Crippen LogP contribution in [0.4, 0.5) is 0 Å². The van der Waals surface area contributed by atoms with E-state index in [1.807, 2.05) is 6.92 Å². The molecule has 0 radical (unpaired) electrons. The van der Waals surface area contributed by atoms with Crippen LogP contribution < -0.4 is 0 Å². The number of aliphatic hydroxyl groups is 2. The van der Waals surface area contributed by atoms with Crippen molar-refractivity contribution in [3.05, 3.63) is 0 Å². The van der Waals surface area contributed by atoms with Gasteiger partial charge in [-0.05, 0) is 19.8 Å². The van der Waals surface area contributed by atoms with Crippen LogP contribution in [0.1, 0.15) is 39.0 Å². The van der Waals surface area contributed by atoms with E-state index in [-0.39, 0.29) is 24.6 Å². The molecule has 1 aliphatic rings. The zero-order chi connectivity index (χ0) is 11.3. The van der Waals surface area contributed by atoms with Gasteiger partial charge in [0.05, 0.1) is 12.0 Å². The molecule has 15 heavy (non-hydrogen) atoms. The number of aliphatic hydroxyl groups excluding tert-OH is 2. The molecule has 1 fully saturated rings. The van der Waals surface area contributed by atoms with Crippen LogP contribution in [0.3, 0.4) is 0 Å². The van der Waals surface area contributed by atoms with E-state index in [1.54, 1.807) is 0 Å². The van der Waals surface area contributed by atoms with Gasteiger partial charge in [-0.3, -0.25) is 4.79 Å². The molecule has 4 nitrogen and oxygen atoms in total. The van der Waals surface area contributed by atoms with Crippen molar-refractivity contribution in [2.24, 2.45) is 5.41 Å². The average Bonchev–Trinajstić information content (AvgIpc) is 2.26. The van der Waals surface area contributed by atoms with E-state index in [9.17, 15) is 4.79 Å². The fraction of sp³-hybridized carbons (Fsp3) is 0.909. The molecule has 88 valence electrons. The lowest BCUT2D eigenvalue weighted by Gasteiger charge is -2.31. The molecular formula is C11H20O4. The molecule has 2 N–H and O–H groups in total. The first kappa shape index (κ1) is 12.5. The minimum Gasteiger partial charge on any atom is -0.462 e. The van der Waals surface area contributed by atoms with Crippen LogP contribution in [-0.4, -0.2) is 35.5 Å². The van der Waals surface area contributed by atoms with Crippen molar-refractivity contribution in [2.75, 3.05) is 13.2 Å². The molecule has 0 aromatic rings. The van der Waals surface area contributed by atoms with Gasteiger partial charge in [0.15, 0.2) is 0 Å². The number of ether oxygens (including phenoxy) is 1. The van der Waals surface area contributed by atoms with Crippen LogP contribution in [0.5, 0.6) is 0 Å². The summed E-state index contributed by atoms with van der Waals surface area (Å²) < 4.78 is 4.99. The second-order valence-corrected chi connectivity index (χ2v) is 4.56. The van der Waals surface area contributed by atoms with Gasteiger partial charge >= 0.3 is 5.97 Å². The lowest BCUT2D eigenvalue weighted by molar-refractivity contribution is -0.160. The third-order valence-electron chi connectivity index (χ3n) is 3.07. The summed E-state index contributed by atoms with van der Waals surface area (Å²) in [5.74, 6) is -0.241. The Bertz CT molecular complexity index is 209. The smallest absolute Gasteiger partial charge is 0.311 e. The van der Waals surface area contributed by atoms with Crippen LogP contribution in [-0.2, 0) is 9.53 Å². The largest absolute Gasteiger partial charge is 0.462 e. The minimum atomic E-state index is -0.957. The van der Waals surface area contributed by atoms with Gasteiger partial charge in [-0.15, -0.1) is 0 Å². The summed E-state index contributed by atoms with van der Waals surface area (Å²) in [5, 5.41) is 17.6. The van der Waals surface area contributed by atoms with Crippen molar-refractivity contribution in [3.63, 3.8) is 0 Å². The molecule has 0 aliphatic heterocycles. The highest BCUT2D eigenvalue weighted by atomic mass is 16.5. The summed E-state index contributed by atoms with van der Waals surface area (Å²) in [5.41, 5.74) is -0.382. The number of esters is 1. The third kappa shape index (κ3) is 3.47. The molecule has 1 aliphatic carbocycles. The highest BCUT2D eigenvalue weighted by Crippen LogP contribution is 2.36. The average molecular weight is 216 g/mol. The van der Waals surface area contributed by atoms with Gasteiger partial charge in [0.25, 0.3) is 0 Å².